The molecule has 0 unspecified atom stereocenters. The van der Waals surface area contributed by atoms with Crippen LogP contribution in [-0.2, 0) is 9.53 Å². The maximum atomic E-state index is 11.8. The molecule has 2 atom stereocenters. The largest absolute Gasteiger partial charge is 0.364 e. The molecular weight excluding hydrogens is 228 g/mol. The second-order valence-electron chi connectivity index (χ2n) is 5.64. The first-order chi connectivity index (χ1) is 8.79. The van der Waals surface area contributed by atoms with Crippen LogP contribution in [0.1, 0.15) is 51.4 Å². The Hall–Kier alpha value is -0.610. The van der Waals surface area contributed by atoms with E-state index in [1.54, 1.807) is 0 Å². The Bertz CT molecular complexity index is 265. The zero-order valence-corrected chi connectivity index (χ0v) is 11.2. The predicted molar refractivity (Wildman–Crippen MR) is 71.2 cm³/mol. The summed E-state index contributed by atoms with van der Waals surface area (Å²) in [7, 11) is 0. The summed E-state index contributed by atoms with van der Waals surface area (Å²) in [5.74, 6) is 0.962. The minimum Gasteiger partial charge on any atom is -0.364 e. The van der Waals surface area contributed by atoms with Crippen LogP contribution in [0, 0.1) is 5.92 Å². The number of nitrogens with one attached hydrogen (secondary N) is 1. The molecule has 1 saturated heterocycles. The number of carbonyl (C=O) groups excluding carboxylic acids is 1. The molecule has 4 heteroatoms. The lowest BCUT2D eigenvalue weighted by Gasteiger charge is -2.13. The maximum absolute atomic E-state index is 11.8. The van der Waals surface area contributed by atoms with Gasteiger partial charge in [0.15, 0.2) is 0 Å². The van der Waals surface area contributed by atoms with Crippen LogP contribution in [0.3, 0.4) is 0 Å². The van der Waals surface area contributed by atoms with Crippen LogP contribution in [0.25, 0.3) is 0 Å². The van der Waals surface area contributed by atoms with Crippen LogP contribution in [-0.4, -0.2) is 31.2 Å². The first kappa shape index (κ1) is 13.8. The lowest BCUT2D eigenvalue weighted by Crippen LogP contribution is -2.36. The molecule has 1 amide bonds. The average molecular weight is 254 g/mol. The molecule has 0 aromatic carbocycles. The highest BCUT2D eigenvalue weighted by molar-refractivity contribution is 5.80. The van der Waals surface area contributed by atoms with Gasteiger partial charge in [0.25, 0.3) is 0 Å². The van der Waals surface area contributed by atoms with E-state index < -0.39 is 0 Å². The number of nitrogens with two attached hydrogens (primary N) is 1. The SMILES string of the molecule is NC[C@H]1CC[C@@H](C(=O)NCCCC2CCCC2)O1. The molecule has 18 heavy (non-hydrogen) atoms. The van der Waals surface area contributed by atoms with Crippen LogP contribution in [0.2, 0.25) is 0 Å². The minimum atomic E-state index is -0.259. The standard InChI is InChI=1S/C14H26N2O2/c15-10-12-7-8-13(18-12)14(17)16-9-3-6-11-4-1-2-5-11/h11-13H,1-10,15H2,(H,16,17)/t12-,13+/m1/s1. The van der Waals surface area contributed by atoms with Gasteiger partial charge in [-0.3, -0.25) is 4.79 Å². The Morgan fingerprint density at radius 3 is 2.67 bits per heavy atom. The van der Waals surface area contributed by atoms with Gasteiger partial charge in [0.05, 0.1) is 6.10 Å². The number of carbonyl (C=O) groups is 1. The third kappa shape index (κ3) is 3.95. The highest BCUT2D eigenvalue weighted by Gasteiger charge is 2.29. The van der Waals surface area contributed by atoms with Crippen molar-refractivity contribution < 1.29 is 9.53 Å². The molecule has 0 aromatic rings. The van der Waals surface area contributed by atoms with Crippen molar-refractivity contribution in [2.45, 2.75) is 63.6 Å². The molecule has 1 heterocycles. The average Bonchev–Trinajstić information content (AvgIpc) is 3.05. The van der Waals surface area contributed by atoms with Crippen LogP contribution in [0.4, 0.5) is 0 Å². The van der Waals surface area contributed by atoms with Crippen molar-refractivity contribution in [2.24, 2.45) is 11.7 Å². The van der Waals surface area contributed by atoms with Crippen molar-refractivity contribution in [2.75, 3.05) is 13.1 Å². The van der Waals surface area contributed by atoms with Gasteiger partial charge in [-0.1, -0.05) is 25.7 Å². The summed E-state index contributed by atoms with van der Waals surface area (Å²) in [5, 5.41) is 2.99. The van der Waals surface area contributed by atoms with Crippen molar-refractivity contribution in [1.29, 1.82) is 0 Å². The van der Waals surface area contributed by atoms with Gasteiger partial charge < -0.3 is 15.8 Å². The van der Waals surface area contributed by atoms with E-state index in [0.29, 0.717) is 6.54 Å². The molecule has 2 fully saturated rings. The second kappa shape index (κ2) is 7.10. The molecule has 3 N–H and O–H groups in total. The monoisotopic (exact) mass is 254 g/mol. The van der Waals surface area contributed by atoms with Crippen molar-refractivity contribution >= 4 is 5.91 Å². The Morgan fingerprint density at radius 2 is 2.00 bits per heavy atom. The van der Waals surface area contributed by atoms with Gasteiger partial charge in [0, 0.05) is 13.1 Å². The van der Waals surface area contributed by atoms with E-state index in [1.165, 1.54) is 32.1 Å². The van der Waals surface area contributed by atoms with Gasteiger partial charge in [0.1, 0.15) is 6.10 Å². The molecule has 2 aliphatic rings. The van der Waals surface area contributed by atoms with E-state index in [1.807, 2.05) is 0 Å². The first-order valence-electron chi connectivity index (χ1n) is 7.43. The molecule has 0 aromatic heterocycles. The highest BCUT2D eigenvalue weighted by Crippen LogP contribution is 2.28. The number of hydrogen-bond donors (Lipinski definition) is 2. The van der Waals surface area contributed by atoms with Gasteiger partial charge in [-0.25, -0.2) is 0 Å². The van der Waals surface area contributed by atoms with E-state index in [0.717, 1.165) is 31.7 Å². The van der Waals surface area contributed by atoms with Crippen LogP contribution in [0.15, 0.2) is 0 Å². The summed E-state index contributed by atoms with van der Waals surface area (Å²) in [6.07, 6.45) is 9.48. The Balaban J connectivity index is 1.54. The highest BCUT2D eigenvalue weighted by atomic mass is 16.5. The van der Waals surface area contributed by atoms with E-state index in [2.05, 4.69) is 5.32 Å². The third-order valence-corrected chi connectivity index (χ3v) is 4.23. The summed E-state index contributed by atoms with van der Waals surface area (Å²) in [6, 6.07) is 0. The number of rotatable bonds is 6. The molecule has 1 aliphatic heterocycles. The van der Waals surface area contributed by atoms with Crippen LogP contribution in [0.5, 0.6) is 0 Å². The van der Waals surface area contributed by atoms with E-state index in [-0.39, 0.29) is 18.1 Å². The molecule has 1 aliphatic carbocycles. The van der Waals surface area contributed by atoms with E-state index in [9.17, 15) is 4.79 Å². The fourth-order valence-corrected chi connectivity index (χ4v) is 3.09. The molecule has 104 valence electrons. The number of amides is 1. The quantitative estimate of drug-likeness (QED) is 0.707. The molecule has 0 bridgehead atoms. The number of ether oxygens (including phenoxy) is 1. The van der Waals surface area contributed by atoms with E-state index >= 15 is 0 Å². The summed E-state index contributed by atoms with van der Waals surface area (Å²) in [4.78, 5) is 11.8. The Morgan fingerprint density at radius 1 is 1.22 bits per heavy atom. The van der Waals surface area contributed by atoms with Crippen molar-refractivity contribution in [3.05, 3.63) is 0 Å². The third-order valence-electron chi connectivity index (χ3n) is 4.23. The Kier molecular flexibility index (Phi) is 5.45. The smallest absolute Gasteiger partial charge is 0.249 e. The second-order valence-corrected chi connectivity index (χ2v) is 5.64. The fourth-order valence-electron chi connectivity index (χ4n) is 3.09. The number of hydrogen-bond acceptors (Lipinski definition) is 3. The van der Waals surface area contributed by atoms with Crippen molar-refractivity contribution in [1.82, 2.24) is 5.32 Å². The normalized spacial score (nSPS) is 28.7. The first-order valence-corrected chi connectivity index (χ1v) is 7.43. The molecule has 1 saturated carbocycles. The minimum absolute atomic E-state index is 0.0531. The van der Waals surface area contributed by atoms with Gasteiger partial charge in [-0.15, -0.1) is 0 Å². The summed E-state index contributed by atoms with van der Waals surface area (Å²) < 4.78 is 5.57. The fraction of sp³-hybridized carbons (Fsp3) is 0.929. The summed E-state index contributed by atoms with van der Waals surface area (Å²) in [5.41, 5.74) is 5.53. The molecule has 0 spiro atoms. The van der Waals surface area contributed by atoms with Gasteiger partial charge in [-0.2, -0.15) is 0 Å². The van der Waals surface area contributed by atoms with Gasteiger partial charge >= 0.3 is 0 Å². The van der Waals surface area contributed by atoms with Gasteiger partial charge in [0.2, 0.25) is 5.91 Å². The zero-order chi connectivity index (χ0) is 12.8. The van der Waals surface area contributed by atoms with Gasteiger partial charge in [-0.05, 0) is 31.6 Å². The van der Waals surface area contributed by atoms with Crippen LogP contribution < -0.4 is 11.1 Å². The van der Waals surface area contributed by atoms with Crippen LogP contribution >= 0.6 is 0 Å². The topological polar surface area (TPSA) is 64.4 Å². The molecular formula is C14H26N2O2. The van der Waals surface area contributed by atoms with E-state index in [4.69, 9.17) is 10.5 Å². The maximum Gasteiger partial charge on any atom is 0.249 e. The molecule has 4 nitrogen and oxygen atoms in total. The predicted octanol–water partition coefficient (Wildman–Crippen LogP) is 1.58. The van der Waals surface area contributed by atoms with Crippen molar-refractivity contribution in [3.8, 4) is 0 Å². The summed E-state index contributed by atoms with van der Waals surface area (Å²) in [6.45, 7) is 1.31. The lowest BCUT2D eigenvalue weighted by molar-refractivity contribution is -0.131. The molecule has 0 radical (unpaired) electrons. The summed E-state index contributed by atoms with van der Waals surface area (Å²) >= 11 is 0. The Labute approximate surface area is 110 Å². The lowest BCUT2D eigenvalue weighted by atomic mass is 10.0. The van der Waals surface area contributed by atoms with Crippen molar-refractivity contribution in [3.63, 3.8) is 0 Å². The molecule has 2 rings (SSSR count). The zero-order valence-electron chi connectivity index (χ0n) is 11.2.